The van der Waals surface area contributed by atoms with Gasteiger partial charge < -0.3 is 10.5 Å². The lowest BCUT2D eigenvalue weighted by Gasteiger charge is -2.27. The first-order valence-electron chi connectivity index (χ1n) is 5.52. The van der Waals surface area contributed by atoms with Crippen LogP contribution < -0.4 is 10.5 Å². The molecule has 0 saturated heterocycles. The van der Waals surface area contributed by atoms with Gasteiger partial charge in [-0.05, 0) is 43.9 Å². The topological polar surface area (TPSA) is 35.2 Å². The van der Waals surface area contributed by atoms with Gasteiger partial charge in [-0.2, -0.15) is 0 Å². The third kappa shape index (κ3) is 3.12. The average Bonchev–Trinajstić information content (AvgIpc) is 2.25. The van der Waals surface area contributed by atoms with Crippen LogP contribution in [0.25, 0.3) is 0 Å². The minimum atomic E-state index is 0.262. The lowest BCUT2D eigenvalue weighted by Crippen LogP contribution is -2.31. The predicted octanol–water partition coefficient (Wildman–Crippen LogP) is 3.75. The molecule has 0 unspecified atom stereocenters. The highest BCUT2D eigenvalue weighted by Gasteiger charge is 2.20. The zero-order valence-electron chi connectivity index (χ0n) is 8.96. The van der Waals surface area contributed by atoms with Crippen molar-refractivity contribution in [1.82, 2.24) is 0 Å². The normalized spacial score (nSPS) is 25.4. The summed E-state index contributed by atoms with van der Waals surface area (Å²) in [7, 11) is 0. The summed E-state index contributed by atoms with van der Waals surface area (Å²) in [4.78, 5) is 0. The first-order valence-corrected chi connectivity index (χ1v) is 6.69. The van der Waals surface area contributed by atoms with Crippen molar-refractivity contribution in [3.05, 3.63) is 27.7 Å². The summed E-state index contributed by atoms with van der Waals surface area (Å²) >= 11 is 9.47. The van der Waals surface area contributed by atoms with E-state index >= 15 is 0 Å². The van der Waals surface area contributed by atoms with E-state index in [2.05, 4.69) is 15.9 Å². The van der Waals surface area contributed by atoms with Crippen LogP contribution in [-0.2, 0) is 0 Å². The summed E-state index contributed by atoms with van der Waals surface area (Å²) in [6.45, 7) is 0. The zero-order valence-corrected chi connectivity index (χ0v) is 11.3. The number of benzene rings is 1. The van der Waals surface area contributed by atoms with E-state index < -0.39 is 0 Å². The third-order valence-electron chi connectivity index (χ3n) is 2.91. The fourth-order valence-corrected chi connectivity index (χ4v) is 2.67. The van der Waals surface area contributed by atoms with Crippen molar-refractivity contribution in [2.24, 2.45) is 5.73 Å². The van der Waals surface area contributed by atoms with Gasteiger partial charge in [-0.1, -0.05) is 27.5 Å². The van der Waals surface area contributed by atoms with Gasteiger partial charge in [0.1, 0.15) is 5.75 Å². The molecular weight excluding hydrogens is 289 g/mol. The molecule has 0 bridgehead atoms. The van der Waals surface area contributed by atoms with Crippen molar-refractivity contribution < 1.29 is 4.74 Å². The molecule has 88 valence electrons. The van der Waals surface area contributed by atoms with Crippen LogP contribution in [0.2, 0.25) is 5.02 Å². The second-order valence-corrected chi connectivity index (χ2v) is 5.55. The van der Waals surface area contributed by atoms with Gasteiger partial charge in [0, 0.05) is 10.5 Å². The smallest absolute Gasteiger partial charge is 0.138 e. The average molecular weight is 305 g/mol. The molecule has 0 spiro atoms. The summed E-state index contributed by atoms with van der Waals surface area (Å²) in [6, 6.07) is 6.04. The maximum Gasteiger partial charge on any atom is 0.138 e. The highest BCUT2D eigenvalue weighted by Crippen LogP contribution is 2.31. The minimum absolute atomic E-state index is 0.262. The van der Waals surface area contributed by atoms with E-state index in [0.29, 0.717) is 11.1 Å². The SMILES string of the molecule is NC1CCC(Oc2ccc(Br)cc2Cl)CC1. The Balaban J connectivity index is 1.98. The van der Waals surface area contributed by atoms with Crippen LogP contribution in [-0.4, -0.2) is 12.1 Å². The Morgan fingerprint density at radius 3 is 2.56 bits per heavy atom. The number of ether oxygens (including phenoxy) is 1. The van der Waals surface area contributed by atoms with E-state index in [1.54, 1.807) is 0 Å². The van der Waals surface area contributed by atoms with E-state index in [1.165, 1.54) is 0 Å². The van der Waals surface area contributed by atoms with Crippen LogP contribution in [0.5, 0.6) is 5.75 Å². The van der Waals surface area contributed by atoms with Crippen molar-refractivity contribution in [3.63, 3.8) is 0 Å². The molecule has 1 aliphatic rings. The summed E-state index contributed by atoms with van der Waals surface area (Å²) in [5.74, 6) is 0.769. The molecule has 1 aromatic rings. The number of hydrogen-bond acceptors (Lipinski definition) is 2. The Labute approximate surface area is 109 Å². The molecule has 0 aromatic heterocycles. The molecule has 16 heavy (non-hydrogen) atoms. The highest BCUT2D eigenvalue weighted by molar-refractivity contribution is 9.10. The highest BCUT2D eigenvalue weighted by atomic mass is 79.9. The van der Waals surface area contributed by atoms with Crippen molar-refractivity contribution in [3.8, 4) is 5.75 Å². The number of hydrogen-bond donors (Lipinski definition) is 1. The number of nitrogens with two attached hydrogens (primary N) is 1. The monoisotopic (exact) mass is 303 g/mol. The van der Waals surface area contributed by atoms with E-state index in [9.17, 15) is 0 Å². The Kier molecular flexibility index (Phi) is 4.11. The fourth-order valence-electron chi connectivity index (χ4n) is 1.96. The van der Waals surface area contributed by atoms with Gasteiger partial charge in [-0.15, -0.1) is 0 Å². The summed E-state index contributed by atoms with van der Waals surface area (Å²) < 4.78 is 6.85. The molecule has 1 saturated carbocycles. The molecular formula is C12H15BrClNO. The molecule has 0 amide bonds. The van der Waals surface area contributed by atoms with Crippen LogP contribution >= 0.6 is 27.5 Å². The summed E-state index contributed by atoms with van der Waals surface area (Å²) in [5.41, 5.74) is 5.85. The molecule has 1 fully saturated rings. The molecule has 0 radical (unpaired) electrons. The van der Waals surface area contributed by atoms with E-state index in [-0.39, 0.29) is 6.10 Å². The summed E-state index contributed by atoms with van der Waals surface area (Å²) in [6.07, 6.45) is 4.39. The van der Waals surface area contributed by atoms with Gasteiger partial charge in [0.25, 0.3) is 0 Å². The molecule has 1 aliphatic carbocycles. The predicted molar refractivity (Wildman–Crippen MR) is 70.0 cm³/mol. The molecule has 0 heterocycles. The van der Waals surface area contributed by atoms with Gasteiger partial charge in [-0.25, -0.2) is 0 Å². The molecule has 2 nitrogen and oxygen atoms in total. The Morgan fingerprint density at radius 1 is 1.25 bits per heavy atom. The summed E-state index contributed by atoms with van der Waals surface area (Å²) in [5, 5.41) is 0.657. The molecule has 2 N–H and O–H groups in total. The van der Waals surface area contributed by atoms with Crippen molar-refractivity contribution in [1.29, 1.82) is 0 Å². The standard InChI is InChI=1S/C12H15BrClNO/c13-8-1-6-12(11(14)7-8)16-10-4-2-9(15)3-5-10/h1,6-7,9-10H,2-5,15H2. The van der Waals surface area contributed by atoms with Gasteiger partial charge in [0.05, 0.1) is 11.1 Å². The maximum absolute atomic E-state index is 6.10. The molecule has 0 aliphatic heterocycles. The lowest BCUT2D eigenvalue weighted by molar-refractivity contribution is 0.147. The fraction of sp³-hybridized carbons (Fsp3) is 0.500. The van der Waals surface area contributed by atoms with E-state index in [4.69, 9.17) is 22.1 Å². The van der Waals surface area contributed by atoms with Gasteiger partial charge in [0.15, 0.2) is 0 Å². The van der Waals surface area contributed by atoms with Crippen LogP contribution in [0.4, 0.5) is 0 Å². The number of rotatable bonds is 2. The van der Waals surface area contributed by atoms with E-state index in [1.807, 2.05) is 18.2 Å². The molecule has 1 aromatic carbocycles. The van der Waals surface area contributed by atoms with Crippen molar-refractivity contribution in [2.45, 2.75) is 37.8 Å². The van der Waals surface area contributed by atoms with E-state index in [0.717, 1.165) is 35.9 Å². The minimum Gasteiger partial charge on any atom is -0.489 e. The third-order valence-corrected chi connectivity index (χ3v) is 3.70. The van der Waals surface area contributed by atoms with Gasteiger partial charge in [-0.3, -0.25) is 0 Å². The largest absolute Gasteiger partial charge is 0.489 e. The van der Waals surface area contributed by atoms with Gasteiger partial charge in [0.2, 0.25) is 0 Å². The van der Waals surface area contributed by atoms with Crippen LogP contribution in [0.1, 0.15) is 25.7 Å². The molecule has 0 atom stereocenters. The molecule has 4 heteroatoms. The second-order valence-electron chi connectivity index (χ2n) is 4.23. The first-order chi connectivity index (χ1) is 7.65. The lowest BCUT2D eigenvalue weighted by atomic mass is 9.94. The van der Waals surface area contributed by atoms with Gasteiger partial charge >= 0.3 is 0 Å². The Hall–Kier alpha value is -0.250. The van der Waals surface area contributed by atoms with Crippen molar-refractivity contribution in [2.75, 3.05) is 0 Å². The quantitative estimate of drug-likeness (QED) is 0.903. The van der Waals surface area contributed by atoms with Crippen LogP contribution in [0.3, 0.4) is 0 Å². The zero-order chi connectivity index (χ0) is 11.5. The second kappa shape index (κ2) is 5.39. The molecule has 2 rings (SSSR count). The van der Waals surface area contributed by atoms with Crippen LogP contribution in [0.15, 0.2) is 22.7 Å². The van der Waals surface area contributed by atoms with Crippen LogP contribution in [0, 0.1) is 0 Å². The Morgan fingerprint density at radius 2 is 1.94 bits per heavy atom. The first kappa shape index (κ1) is 12.2. The Bertz CT molecular complexity index is 364. The number of halogens is 2. The maximum atomic E-state index is 6.10. The van der Waals surface area contributed by atoms with Crippen molar-refractivity contribution >= 4 is 27.5 Å².